The van der Waals surface area contributed by atoms with Gasteiger partial charge in [-0.2, -0.15) is 0 Å². The monoisotopic (exact) mass is 192 g/mol. The summed E-state index contributed by atoms with van der Waals surface area (Å²) < 4.78 is 0. The molecule has 4 nitrogen and oxygen atoms in total. The van der Waals surface area contributed by atoms with Crippen molar-refractivity contribution in [2.45, 2.75) is 25.7 Å². The van der Waals surface area contributed by atoms with E-state index in [9.17, 15) is 0 Å². The minimum Gasteiger partial charge on any atom is -0.368 e. The van der Waals surface area contributed by atoms with Crippen molar-refractivity contribution in [3.8, 4) is 0 Å². The minimum atomic E-state index is 0.370. The lowest BCUT2D eigenvalue weighted by molar-refractivity contribution is 0.458. The van der Waals surface area contributed by atoms with E-state index in [1.165, 1.54) is 18.4 Å². The standard InChI is InChI=1S/C10H16N4/c1-7-9(6-13-10(11)14-7)8-3-2-4-12-5-8/h6,8,12H,2-5H2,1H3,(H2,11,13,14). The third-order valence-electron chi connectivity index (χ3n) is 2.77. The van der Waals surface area contributed by atoms with Gasteiger partial charge in [0.05, 0.1) is 0 Å². The lowest BCUT2D eigenvalue weighted by Gasteiger charge is -2.23. The molecule has 1 atom stereocenters. The Morgan fingerprint density at radius 3 is 3.07 bits per heavy atom. The van der Waals surface area contributed by atoms with Crippen molar-refractivity contribution in [1.29, 1.82) is 0 Å². The maximum Gasteiger partial charge on any atom is 0.220 e. The van der Waals surface area contributed by atoms with Crippen LogP contribution in [0.25, 0.3) is 0 Å². The van der Waals surface area contributed by atoms with E-state index < -0.39 is 0 Å². The third-order valence-corrected chi connectivity index (χ3v) is 2.77. The van der Waals surface area contributed by atoms with Gasteiger partial charge >= 0.3 is 0 Å². The highest BCUT2D eigenvalue weighted by Crippen LogP contribution is 2.24. The largest absolute Gasteiger partial charge is 0.368 e. The van der Waals surface area contributed by atoms with E-state index in [4.69, 9.17) is 5.73 Å². The van der Waals surface area contributed by atoms with Gasteiger partial charge in [0, 0.05) is 18.4 Å². The van der Waals surface area contributed by atoms with Crippen LogP contribution in [0.4, 0.5) is 5.95 Å². The van der Waals surface area contributed by atoms with E-state index in [1.54, 1.807) is 0 Å². The van der Waals surface area contributed by atoms with Gasteiger partial charge in [0.1, 0.15) is 0 Å². The van der Waals surface area contributed by atoms with Crippen molar-refractivity contribution in [3.05, 3.63) is 17.5 Å². The summed E-state index contributed by atoms with van der Waals surface area (Å²) in [6, 6.07) is 0. The fourth-order valence-electron chi connectivity index (χ4n) is 2.01. The van der Waals surface area contributed by atoms with Crippen LogP contribution in [-0.4, -0.2) is 23.1 Å². The molecule has 4 heteroatoms. The zero-order valence-corrected chi connectivity index (χ0v) is 8.45. The fraction of sp³-hybridized carbons (Fsp3) is 0.600. The van der Waals surface area contributed by atoms with Crippen molar-refractivity contribution in [3.63, 3.8) is 0 Å². The SMILES string of the molecule is Cc1nc(N)ncc1C1CCCNC1. The number of nitrogens with zero attached hydrogens (tertiary/aromatic N) is 2. The van der Waals surface area contributed by atoms with E-state index in [2.05, 4.69) is 15.3 Å². The van der Waals surface area contributed by atoms with Gasteiger partial charge < -0.3 is 11.1 Å². The average molecular weight is 192 g/mol. The minimum absolute atomic E-state index is 0.370. The summed E-state index contributed by atoms with van der Waals surface area (Å²) in [5.41, 5.74) is 7.78. The first-order valence-electron chi connectivity index (χ1n) is 5.07. The average Bonchev–Trinajstić information content (AvgIpc) is 2.19. The molecule has 2 rings (SSSR count). The van der Waals surface area contributed by atoms with Crippen LogP contribution in [-0.2, 0) is 0 Å². The number of piperidine rings is 1. The smallest absolute Gasteiger partial charge is 0.220 e. The maximum absolute atomic E-state index is 5.52. The summed E-state index contributed by atoms with van der Waals surface area (Å²) in [4.78, 5) is 8.24. The third kappa shape index (κ3) is 1.85. The van der Waals surface area contributed by atoms with Crippen molar-refractivity contribution >= 4 is 5.95 Å². The first kappa shape index (κ1) is 9.40. The van der Waals surface area contributed by atoms with Gasteiger partial charge in [-0.05, 0) is 37.8 Å². The number of hydrogen-bond acceptors (Lipinski definition) is 4. The number of aromatic nitrogens is 2. The Hall–Kier alpha value is -1.16. The summed E-state index contributed by atoms with van der Waals surface area (Å²) in [6.07, 6.45) is 4.32. The molecule has 1 fully saturated rings. The van der Waals surface area contributed by atoms with Gasteiger partial charge in [0.15, 0.2) is 0 Å². The Morgan fingerprint density at radius 2 is 2.43 bits per heavy atom. The second kappa shape index (κ2) is 3.92. The molecule has 1 unspecified atom stereocenters. The van der Waals surface area contributed by atoms with Gasteiger partial charge in [0.2, 0.25) is 5.95 Å². The molecule has 0 aromatic carbocycles. The Balaban J connectivity index is 2.22. The number of nitrogens with one attached hydrogen (secondary N) is 1. The molecule has 1 aromatic rings. The molecule has 14 heavy (non-hydrogen) atoms. The molecule has 0 saturated carbocycles. The Bertz CT molecular complexity index is 318. The van der Waals surface area contributed by atoms with Crippen molar-refractivity contribution in [2.24, 2.45) is 0 Å². The summed E-state index contributed by atoms with van der Waals surface area (Å²) in [7, 11) is 0. The highest BCUT2D eigenvalue weighted by Gasteiger charge is 2.17. The normalized spacial score (nSPS) is 22.2. The second-order valence-corrected chi connectivity index (χ2v) is 3.81. The molecular weight excluding hydrogens is 176 g/mol. The molecule has 0 amide bonds. The summed E-state index contributed by atoms with van der Waals surface area (Å²) >= 11 is 0. The van der Waals surface area contributed by atoms with Crippen molar-refractivity contribution in [2.75, 3.05) is 18.8 Å². The number of nitrogen functional groups attached to an aromatic ring is 1. The maximum atomic E-state index is 5.52. The predicted molar refractivity (Wildman–Crippen MR) is 56.0 cm³/mol. The number of aryl methyl sites for hydroxylation is 1. The van der Waals surface area contributed by atoms with Crippen molar-refractivity contribution in [1.82, 2.24) is 15.3 Å². The van der Waals surface area contributed by atoms with Crippen LogP contribution in [0.3, 0.4) is 0 Å². The van der Waals surface area contributed by atoms with E-state index >= 15 is 0 Å². The molecule has 76 valence electrons. The lowest BCUT2D eigenvalue weighted by Crippen LogP contribution is -2.29. The first-order chi connectivity index (χ1) is 6.77. The van der Waals surface area contributed by atoms with Crippen LogP contribution in [0.1, 0.15) is 30.0 Å². The molecule has 0 aliphatic carbocycles. The summed E-state index contributed by atoms with van der Waals surface area (Å²) in [6.45, 7) is 4.17. The van der Waals surface area contributed by atoms with Crippen molar-refractivity contribution < 1.29 is 0 Å². The molecule has 1 aromatic heterocycles. The number of rotatable bonds is 1. The molecular formula is C10H16N4. The second-order valence-electron chi connectivity index (χ2n) is 3.81. The van der Waals surface area contributed by atoms with E-state index in [-0.39, 0.29) is 0 Å². The van der Waals surface area contributed by atoms with Gasteiger partial charge in [-0.15, -0.1) is 0 Å². The van der Waals surface area contributed by atoms with Crippen LogP contribution in [0.15, 0.2) is 6.20 Å². The quantitative estimate of drug-likeness (QED) is 0.692. The van der Waals surface area contributed by atoms with Crippen LogP contribution in [0, 0.1) is 6.92 Å². The highest BCUT2D eigenvalue weighted by atomic mass is 15.0. The molecule has 1 saturated heterocycles. The van der Waals surface area contributed by atoms with Crippen LogP contribution < -0.4 is 11.1 Å². The number of hydrogen-bond donors (Lipinski definition) is 2. The summed E-state index contributed by atoms with van der Waals surface area (Å²) in [5, 5.41) is 3.39. The van der Waals surface area contributed by atoms with Gasteiger partial charge in [-0.3, -0.25) is 0 Å². The van der Waals surface area contributed by atoms with Crippen LogP contribution in [0.5, 0.6) is 0 Å². The Labute approximate surface area is 83.9 Å². The molecule has 1 aliphatic heterocycles. The zero-order chi connectivity index (χ0) is 9.97. The van der Waals surface area contributed by atoms with Crippen LogP contribution >= 0.6 is 0 Å². The molecule has 3 N–H and O–H groups in total. The zero-order valence-electron chi connectivity index (χ0n) is 8.45. The highest BCUT2D eigenvalue weighted by molar-refractivity contribution is 5.27. The number of nitrogens with two attached hydrogens (primary N) is 1. The summed E-state index contributed by atoms with van der Waals surface area (Å²) in [5.74, 6) is 0.930. The van der Waals surface area contributed by atoms with Gasteiger partial charge in [0.25, 0.3) is 0 Å². The fourth-order valence-corrected chi connectivity index (χ4v) is 2.01. The Morgan fingerprint density at radius 1 is 1.57 bits per heavy atom. The number of anilines is 1. The lowest BCUT2D eigenvalue weighted by atomic mass is 9.92. The molecule has 0 bridgehead atoms. The first-order valence-corrected chi connectivity index (χ1v) is 5.07. The molecule has 1 aliphatic rings. The molecule has 0 spiro atoms. The molecule has 2 heterocycles. The van der Waals surface area contributed by atoms with E-state index in [0.717, 1.165) is 18.8 Å². The molecule has 0 radical (unpaired) electrons. The van der Waals surface area contributed by atoms with Gasteiger partial charge in [-0.1, -0.05) is 0 Å². The van der Waals surface area contributed by atoms with E-state index in [1.807, 2.05) is 13.1 Å². The van der Waals surface area contributed by atoms with Gasteiger partial charge in [-0.25, -0.2) is 9.97 Å². The predicted octanol–water partition coefficient (Wildman–Crippen LogP) is 0.834. The van der Waals surface area contributed by atoms with Crippen LogP contribution in [0.2, 0.25) is 0 Å². The topological polar surface area (TPSA) is 63.8 Å². The Kier molecular flexibility index (Phi) is 2.63. The van der Waals surface area contributed by atoms with E-state index in [0.29, 0.717) is 11.9 Å².